The molecule has 2 aromatic heterocycles. The van der Waals surface area contributed by atoms with Gasteiger partial charge >= 0.3 is 0 Å². The minimum atomic E-state index is 0.838. The topological polar surface area (TPSA) is 44.2 Å². The third-order valence-electron chi connectivity index (χ3n) is 7.06. The van der Waals surface area contributed by atoms with Crippen LogP contribution >= 0.6 is 0 Å². The van der Waals surface area contributed by atoms with E-state index >= 15 is 0 Å². The first kappa shape index (κ1) is 25.1. The summed E-state index contributed by atoms with van der Waals surface area (Å²) in [6.07, 6.45) is 3.74. The highest BCUT2D eigenvalue weighted by atomic mass is 16.5. The van der Waals surface area contributed by atoms with Crippen LogP contribution in [0, 0.1) is 0 Å². The largest absolute Gasteiger partial charge is 0.497 e. The first-order valence-electron chi connectivity index (χ1n) is 13.1. The zero-order valence-corrected chi connectivity index (χ0v) is 22.4. The Morgan fingerprint density at radius 1 is 0.400 bits per heavy atom. The molecular weight excluding hydrogens is 492 g/mol. The van der Waals surface area contributed by atoms with Gasteiger partial charge in [-0.3, -0.25) is 9.97 Å². The Morgan fingerprint density at radius 3 is 1.15 bits per heavy atom. The van der Waals surface area contributed by atoms with Crippen molar-refractivity contribution in [2.24, 2.45) is 0 Å². The molecule has 0 radical (unpaired) electrons. The lowest BCUT2D eigenvalue weighted by molar-refractivity contribution is 0.415. The Morgan fingerprint density at radius 2 is 0.775 bits per heavy atom. The molecule has 4 heteroatoms. The molecule has 0 saturated heterocycles. The summed E-state index contributed by atoms with van der Waals surface area (Å²) in [5, 5.41) is 0. The van der Waals surface area contributed by atoms with E-state index < -0.39 is 0 Å². The normalized spacial score (nSPS) is 10.8. The third-order valence-corrected chi connectivity index (χ3v) is 7.06. The van der Waals surface area contributed by atoms with E-state index in [1.54, 1.807) is 14.2 Å². The van der Waals surface area contributed by atoms with Crippen molar-refractivity contribution in [2.45, 2.75) is 0 Å². The zero-order chi connectivity index (χ0) is 27.3. The predicted octanol–water partition coefficient (Wildman–Crippen LogP) is 8.83. The number of rotatable bonds is 7. The maximum absolute atomic E-state index is 5.33. The van der Waals surface area contributed by atoms with Crippen LogP contribution in [0.3, 0.4) is 0 Å². The summed E-state index contributed by atoms with van der Waals surface area (Å²) in [5.41, 5.74) is 10.6. The predicted molar refractivity (Wildman–Crippen MR) is 162 cm³/mol. The van der Waals surface area contributed by atoms with Crippen molar-refractivity contribution in [1.29, 1.82) is 0 Å². The first-order chi connectivity index (χ1) is 19.7. The maximum atomic E-state index is 5.33. The number of hydrogen-bond donors (Lipinski definition) is 0. The van der Waals surface area contributed by atoms with Crippen molar-refractivity contribution >= 4 is 0 Å². The molecule has 40 heavy (non-hydrogen) atoms. The van der Waals surface area contributed by atoms with Crippen molar-refractivity contribution < 1.29 is 9.47 Å². The number of methoxy groups -OCH3 is 2. The Kier molecular flexibility index (Phi) is 7.06. The van der Waals surface area contributed by atoms with Gasteiger partial charge in [0, 0.05) is 23.5 Å². The van der Waals surface area contributed by atoms with Crippen LogP contribution < -0.4 is 9.47 Å². The molecule has 6 rings (SSSR count). The van der Waals surface area contributed by atoms with Gasteiger partial charge in [-0.05, 0) is 81.9 Å². The summed E-state index contributed by atoms with van der Waals surface area (Å²) >= 11 is 0. The Hall–Kier alpha value is -5.22. The lowest BCUT2D eigenvalue weighted by Crippen LogP contribution is -1.93. The fraction of sp³-hybridized carbons (Fsp3) is 0.0556. The quantitative estimate of drug-likeness (QED) is 0.211. The molecule has 2 heterocycles. The molecule has 0 aliphatic carbocycles. The highest BCUT2D eigenvalue weighted by Gasteiger charge is 2.15. The molecule has 194 valence electrons. The summed E-state index contributed by atoms with van der Waals surface area (Å²) in [7, 11) is 3.36. The third kappa shape index (κ3) is 5.07. The maximum Gasteiger partial charge on any atom is 0.118 e. The average Bonchev–Trinajstić information content (AvgIpc) is 3.05. The molecule has 0 amide bonds. The van der Waals surface area contributed by atoms with Crippen molar-refractivity contribution in [3.63, 3.8) is 0 Å². The second-order valence-corrected chi connectivity index (χ2v) is 9.41. The SMILES string of the molecule is COc1ccc(-c2ccnc(-c3ccccc3-c3ccccc3-c3cc(-c4ccc(OC)cc4)ccn3)c2)cc1. The lowest BCUT2D eigenvalue weighted by Gasteiger charge is -2.15. The fourth-order valence-corrected chi connectivity index (χ4v) is 4.96. The van der Waals surface area contributed by atoms with Gasteiger partial charge in [-0.1, -0.05) is 72.8 Å². The first-order valence-corrected chi connectivity index (χ1v) is 13.1. The Labute approximate surface area is 234 Å². The minimum absolute atomic E-state index is 0.838. The second kappa shape index (κ2) is 11.3. The van der Waals surface area contributed by atoms with E-state index in [0.29, 0.717) is 0 Å². The van der Waals surface area contributed by atoms with Gasteiger partial charge in [-0.15, -0.1) is 0 Å². The van der Waals surface area contributed by atoms with Gasteiger partial charge in [-0.25, -0.2) is 0 Å². The molecule has 0 spiro atoms. The lowest BCUT2D eigenvalue weighted by atomic mass is 9.91. The van der Waals surface area contributed by atoms with Crippen LogP contribution in [0.25, 0.3) is 55.9 Å². The van der Waals surface area contributed by atoms with E-state index in [4.69, 9.17) is 19.4 Å². The summed E-state index contributed by atoms with van der Waals surface area (Å²) < 4.78 is 10.7. The van der Waals surface area contributed by atoms with Crippen LogP contribution in [0.15, 0.2) is 134 Å². The van der Waals surface area contributed by atoms with E-state index in [1.807, 2.05) is 48.8 Å². The van der Waals surface area contributed by atoms with E-state index in [0.717, 1.165) is 67.4 Å². The van der Waals surface area contributed by atoms with Crippen molar-refractivity contribution in [3.05, 3.63) is 134 Å². The van der Waals surface area contributed by atoms with Crippen molar-refractivity contribution in [3.8, 4) is 67.4 Å². The van der Waals surface area contributed by atoms with E-state index in [1.165, 1.54) is 0 Å². The number of hydrogen-bond acceptors (Lipinski definition) is 4. The van der Waals surface area contributed by atoms with Gasteiger partial charge in [0.15, 0.2) is 0 Å². The van der Waals surface area contributed by atoms with Crippen LogP contribution in [0.1, 0.15) is 0 Å². The molecule has 4 aromatic carbocycles. The minimum Gasteiger partial charge on any atom is -0.497 e. The zero-order valence-electron chi connectivity index (χ0n) is 22.4. The summed E-state index contributed by atoms with van der Waals surface area (Å²) in [6, 6.07) is 41.4. The Balaban J connectivity index is 1.41. The van der Waals surface area contributed by atoms with Crippen LogP contribution in [0.2, 0.25) is 0 Å². The molecule has 0 atom stereocenters. The molecule has 0 N–H and O–H groups in total. The van der Waals surface area contributed by atoms with Crippen LogP contribution in [-0.2, 0) is 0 Å². The van der Waals surface area contributed by atoms with Gasteiger partial charge in [0.1, 0.15) is 11.5 Å². The molecule has 0 aliphatic heterocycles. The highest BCUT2D eigenvalue weighted by molar-refractivity contribution is 5.91. The van der Waals surface area contributed by atoms with Gasteiger partial charge in [-0.2, -0.15) is 0 Å². The smallest absolute Gasteiger partial charge is 0.118 e. The molecule has 0 fully saturated rings. The summed E-state index contributed by atoms with van der Waals surface area (Å²) in [6.45, 7) is 0. The van der Waals surface area contributed by atoms with Crippen molar-refractivity contribution in [2.75, 3.05) is 14.2 Å². The number of ether oxygens (including phenoxy) is 2. The molecule has 0 aliphatic rings. The fourth-order valence-electron chi connectivity index (χ4n) is 4.96. The standard InChI is InChI=1S/C36H28N2O2/c1-39-29-15-11-25(12-16-29)27-19-21-37-35(23-27)33-9-5-3-7-31(33)32-8-4-6-10-34(32)36-24-28(20-22-38-36)26-13-17-30(40-2)18-14-26/h3-24H,1-2H3. The molecule has 6 aromatic rings. The Bertz CT molecular complexity index is 1630. The van der Waals surface area contributed by atoms with Gasteiger partial charge in [0.2, 0.25) is 0 Å². The molecule has 0 saturated carbocycles. The second-order valence-electron chi connectivity index (χ2n) is 9.41. The number of pyridine rings is 2. The van der Waals surface area contributed by atoms with Crippen LogP contribution in [-0.4, -0.2) is 24.2 Å². The van der Waals surface area contributed by atoms with Crippen LogP contribution in [0.5, 0.6) is 11.5 Å². The van der Waals surface area contributed by atoms with Crippen molar-refractivity contribution in [1.82, 2.24) is 9.97 Å². The monoisotopic (exact) mass is 520 g/mol. The molecule has 0 bridgehead atoms. The number of aromatic nitrogens is 2. The average molecular weight is 521 g/mol. The molecule has 4 nitrogen and oxygen atoms in total. The van der Waals surface area contributed by atoms with Gasteiger partial charge < -0.3 is 9.47 Å². The highest BCUT2D eigenvalue weighted by Crippen LogP contribution is 2.38. The molecule has 0 unspecified atom stereocenters. The summed E-state index contributed by atoms with van der Waals surface area (Å²) in [5.74, 6) is 1.68. The number of benzene rings is 4. The van der Waals surface area contributed by atoms with E-state index in [9.17, 15) is 0 Å². The van der Waals surface area contributed by atoms with E-state index in [-0.39, 0.29) is 0 Å². The molecular formula is C36H28N2O2. The van der Waals surface area contributed by atoms with E-state index in [2.05, 4.69) is 84.9 Å². The van der Waals surface area contributed by atoms with Gasteiger partial charge in [0.05, 0.1) is 25.6 Å². The number of nitrogens with zero attached hydrogens (tertiary/aromatic N) is 2. The summed E-state index contributed by atoms with van der Waals surface area (Å²) in [4.78, 5) is 9.55. The van der Waals surface area contributed by atoms with Gasteiger partial charge in [0.25, 0.3) is 0 Å². The van der Waals surface area contributed by atoms with Crippen LogP contribution in [0.4, 0.5) is 0 Å².